The summed E-state index contributed by atoms with van der Waals surface area (Å²) in [6.07, 6.45) is -4.65. The molecule has 0 heterocycles. The molecule has 0 aliphatic heterocycles. The molecule has 0 radical (unpaired) electrons. The van der Waals surface area contributed by atoms with Gasteiger partial charge in [0.15, 0.2) is 23.3 Å². The van der Waals surface area contributed by atoms with Gasteiger partial charge in [-0.1, -0.05) is 54.0 Å². The van der Waals surface area contributed by atoms with Crippen LogP contribution in [-0.2, 0) is 22.6 Å². The van der Waals surface area contributed by atoms with E-state index < -0.39 is 81.9 Å². The lowest BCUT2D eigenvalue weighted by Crippen LogP contribution is -2.15. The van der Waals surface area contributed by atoms with Gasteiger partial charge in [-0.05, 0) is 15.8 Å². The molecule has 0 amide bonds. The van der Waals surface area contributed by atoms with E-state index in [-0.39, 0.29) is 4.48 Å². The molecule has 1 aliphatic rings. The maximum Gasteiger partial charge on any atom is 0.426 e. The Morgan fingerprint density at radius 1 is 1.13 bits per heavy atom. The standard InChI is InChI=1S/C19H15BrClF7O2/c1-7(20)4-8-13(22)15(24)9(16(25)14(8)23)6-30-17(29)12-10(18(12,2)3)5-11(21)19(26,27)28/h5,10,12H,1,4,6H2,2-3H3/t10-,12-/m1/s1. The van der Waals surface area contributed by atoms with Gasteiger partial charge in [-0.15, -0.1) is 0 Å². The summed E-state index contributed by atoms with van der Waals surface area (Å²) in [6.45, 7) is 5.15. The number of carbonyl (C=O) groups is 1. The van der Waals surface area contributed by atoms with Crippen molar-refractivity contribution in [3.8, 4) is 0 Å². The third-order valence-electron chi connectivity index (χ3n) is 4.93. The molecule has 0 bridgehead atoms. The van der Waals surface area contributed by atoms with E-state index in [0.29, 0.717) is 6.08 Å². The number of carbonyl (C=O) groups excluding carboxylic acids is 1. The summed E-state index contributed by atoms with van der Waals surface area (Å²) in [4.78, 5) is 12.2. The van der Waals surface area contributed by atoms with Crippen molar-refractivity contribution < 1.29 is 40.3 Å². The normalized spacial score (nSPS) is 20.8. The molecule has 0 aromatic heterocycles. The highest BCUT2D eigenvalue weighted by molar-refractivity contribution is 9.11. The van der Waals surface area contributed by atoms with E-state index in [9.17, 15) is 35.5 Å². The van der Waals surface area contributed by atoms with E-state index in [1.54, 1.807) is 0 Å². The van der Waals surface area contributed by atoms with E-state index in [1.807, 2.05) is 0 Å². The van der Waals surface area contributed by atoms with Crippen molar-refractivity contribution in [2.24, 2.45) is 17.3 Å². The first-order valence-electron chi connectivity index (χ1n) is 8.38. The van der Waals surface area contributed by atoms with Crippen LogP contribution < -0.4 is 0 Å². The molecule has 0 saturated heterocycles. The van der Waals surface area contributed by atoms with Crippen molar-refractivity contribution in [1.29, 1.82) is 0 Å². The molecular formula is C19H15BrClF7O2. The Bertz CT molecular complexity index is 895. The van der Waals surface area contributed by atoms with Gasteiger partial charge < -0.3 is 4.74 Å². The summed E-state index contributed by atoms with van der Waals surface area (Å²) in [5.74, 6) is -9.89. The molecule has 1 fully saturated rings. The fraction of sp³-hybridized carbons (Fsp3) is 0.421. The molecule has 0 N–H and O–H groups in total. The van der Waals surface area contributed by atoms with Crippen LogP contribution in [-0.4, -0.2) is 12.1 Å². The van der Waals surface area contributed by atoms with Gasteiger partial charge >= 0.3 is 12.1 Å². The monoisotopic (exact) mass is 522 g/mol. The van der Waals surface area contributed by atoms with Crippen molar-refractivity contribution in [2.75, 3.05) is 0 Å². The Morgan fingerprint density at radius 2 is 1.60 bits per heavy atom. The lowest BCUT2D eigenvalue weighted by molar-refractivity contribution is -0.147. The Labute approximate surface area is 180 Å². The molecule has 30 heavy (non-hydrogen) atoms. The second kappa shape index (κ2) is 8.53. The highest BCUT2D eigenvalue weighted by Crippen LogP contribution is 2.60. The molecule has 166 valence electrons. The average Bonchev–Trinajstić information content (AvgIpc) is 3.16. The van der Waals surface area contributed by atoms with Gasteiger partial charge in [-0.25, -0.2) is 17.6 Å². The Hall–Kier alpha value is -1.55. The number of esters is 1. The van der Waals surface area contributed by atoms with Crippen LogP contribution in [0.2, 0.25) is 0 Å². The van der Waals surface area contributed by atoms with E-state index in [2.05, 4.69) is 22.5 Å². The number of alkyl halides is 3. The third kappa shape index (κ3) is 4.85. The number of ether oxygens (including phenoxy) is 1. The minimum absolute atomic E-state index is 0.0749. The van der Waals surface area contributed by atoms with Gasteiger partial charge in [0.2, 0.25) is 0 Å². The fourth-order valence-corrected chi connectivity index (χ4v) is 3.54. The first-order valence-corrected chi connectivity index (χ1v) is 9.55. The zero-order valence-corrected chi connectivity index (χ0v) is 17.9. The minimum atomic E-state index is -4.79. The predicted octanol–water partition coefficient (Wildman–Crippen LogP) is 6.69. The second-order valence-electron chi connectivity index (χ2n) is 7.35. The van der Waals surface area contributed by atoms with Crippen LogP contribution in [0.1, 0.15) is 25.0 Å². The molecular weight excluding hydrogens is 509 g/mol. The van der Waals surface area contributed by atoms with Crippen molar-refractivity contribution in [2.45, 2.75) is 33.1 Å². The molecule has 0 spiro atoms. The van der Waals surface area contributed by atoms with Crippen molar-refractivity contribution in [3.63, 3.8) is 0 Å². The topological polar surface area (TPSA) is 26.3 Å². The summed E-state index contributed by atoms with van der Waals surface area (Å²) in [6, 6.07) is 0. The molecule has 1 aliphatic carbocycles. The van der Waals surface area contributed by atoms with Gasteiger partial charge in [0, 0.05) is 12.0 Å². The van der Waals surface area contributed by atoms with Crippen molar-refractivity contribution >= 4 is 33.5 Å². The maximum atomic E-state index is 14.2. The molecule has 0 unspecified atom stereocenters. The summed E-state index contributed by atoms with van der Waals surface area (Å²) < 4.78 is 99.1. The van der Waals surface area contributed by atoms with Crippen LogP contribution in [0.25, 0.3) is 0 Å². The Kier molecular flexibility index (Phi) is 7.03. The SMILES string of the molecule is C=C(Br)Cc1c(F)c(F)c(COC(=O)[C@H]2[C@@H](C=C(Cl)C(F)(F)F)C2(C)C)c(F)c1F. The Morgan fingerprint density at radius 3 is 2.03 bits per heavy atom. The number of benzene rings is 1. The maximum absolute atomic E-state index is 14.2. The van der Waals surface area contributed by atoms with E-state index >= 15 is 0 Å². The van der Waals surface area contributed by atoms with Gasteiger partial charge in [0.1, 0.15) is 11.6 Å². The summed E-state index contributed by atoms with van der Waals surface area (Å²) in [5, 5.41) is -1.42. The third-order valence-corrected chi connectivity index (χ3v) is 5.55. The molecule has 2 nitrogen and oxygen atoms in total. The molecule has 2 rings (SSSR count). The van der Waals surface area contributed by atoms with E-state index in [1.165, 1.54) is 13.8 Å². The van der Waals surface area contributed by atoms with Gasteiger partial charge in [-0.3, -0.25) is 4.79 Å². The molecule has 2 atom stereocenters. The summed E-state index contributed by atoms with van der Waals surface area (Å²) in [7, 11) is 0. The van der Waals surface area contributed by atoms with Gasteiger partial charge in [0.05, 0.1) is 11.5 Å². The Balaban J connectivity index is 2.20. The largest absolute Gasteiger partial charge is 0.460 e. The average molecular weight is 524 g/mol. The lowest BCUT2D eigenvalue weighted by atomic mass is 10.1. The van der Waals surface area contributed by atoms with Crippen LogP contribution in [0.3, 0.4) is 0 Å². The first-order chi connectivity index (χ1) is 13.6. The molecule has 1 aromatic carbocycles. The van der Waals surface area contributed by atoms with Crippen LogP contribution in [0.5, 0.6) is 0 Å². The first kappa shape index (κ1) is 24.7. The van der Waals surface area contributed by atoms with Crippen LogP contribution in [0, 0.1) is 40.5 Å². The van der Waals surface area contributed by atoms with Crippen LogP contribution in [0.4, 0.5) is 30.7 Å². The second-order valence-corrected chi connectivity index (χ2v) is 8.88. The van der Waals surface area contributed by atoms with Crippen molar-refractivity contribution in [1.82, 2.24) is 0 Å². The minimum Gasteiger partial charge on any atom is -0.460 e. The number of hydrogen-bond donors (Lipinski definition) is 0. The van der Waals surface area contributed by atoms with Crippen molar-refractivity contribution in [3.05, 3.63) is 56.6 Å². The van der Waals surface area contributed by atoms with Gasteiger partial charge in [-0.2, -0.15) is 13.2 Å². The predicted molar refractivity (Wildman–Crippen MR) is 98.6 cm³/mol. The molecule has 11 heteroatoms. The highest BCUT2D eigenvalue weighted by Gasteiger charge is 2.62. The van der Waals surface area contributed by atoms with Crippen LogP contribution in [0.15, 0.2) is 22.2 Å². The smallest absolute Gasteiger partial charge is 0.426 e. The lowest BCUT2D eigenvalue weighted by Gasteiger charge is -2.12. The van der Waals surface area contributed by atoms with Gasteiger partial charge in [0.25, 0.3) is 0 Å². The van der Waals surface area contributed by atoms with E-state index in [0.717, 1.165) is 0 Å². The zero-order chi connectivity index (χ0) is 23.2. The number of allylic oxidation sites excluding steroid dienone is 3. The number of halogens is 9. The van der Waals surface area contributed by atoms with Crippen LogP contribution >= 0.6 is 27.5 Å². The zero-order valence-electron chi connectivity index (χ0n) is 15.6. The number of rotatable bonds is 6. The number of hydrogen-bond acceptors (Lipinski definition) is 2. The van der Waals surface area contributed by atoms with E-state index in [4.69, 9.17) is 16.3 Å². The highest BCUT2D eigenvalue weighted by atomic mass is 79.9. The summed E-state index contributed by atoms with van der Waals surface area (Å²) in [5.41, 5.74) is -3.01. The molecule has 1 saturated carbocycles. The fourth-order valence-electron chi connectivity index (χ4n) is 3.12. The molecule has 1 aromatic rings. The quantitative estimate of drug-likeness (QED) is 0.236. The summed E-state index contributed by atoms with van der Waals surface area (Å²) >= 11 is 8.02.